The van der Waals surface area contributed by atoms with Crippen molar-refractivity contribution < 1.29 is 9.72 Å². The van der Waals surface area contributed by atoms with Crippen LogP contribution in [0, 0.1) is 10.1 Å². The fraction of sp³-hybridized carbons (Fsp3) is 0.364. The standard InChI is InChI=1S/C11H13ClN2O3/c1-8(13(2)11(15)7-12)9-4-3-5-10(6-9)14(16)17/h3-6,8H,7H2,1-2H3/t8-/m0/s1. The molecule has 0 radical (unpaired) electrons. The molecule has 0 saturated heterocycles. The number of rotatable bonds is 4. The summed E-state index contributed by atoms with van der Waals surface area (Å²) in [5, 5.41) is 10.6. The van der Waals surface area contributed by atoms with Gasteiger partial charge in [-0.05, 0) is 12.5 Å². The number of hydrogen-bond acceptors (Lipinski definition) is 3. The topological polar surface area (TPSA) is 63.5 Å². The average molecular weight is 257 g/mol. The fourth-order valence-electron chi connectivity index (χ4n) is 1.43. The zero-order valence-corrected chi connectivity index (χ0v) is 10.3. The molecule has 0 N–H and O–H groups in total. The van der Waals surface area contributed by atoms with Crippen molar-refractivity contribution in [3.63, 3.8) is 0 Å². The zero-order valence-electron chi connectivity index (χ0n) is 9.59. The Morgan fingerprint density at radius 3 is 2.76 bits per heavy atom. The summed E-state index contributed by atoms with van der Waals surface area (Å²) in [7, 11) is 1.62. The van der Waals surface area contributed by atoms with E-state index in [9.17, 15) is 14.9 Å². The largest absolute Gasteiger partial charge is 0.338 e. The second kappa shape index (κ2) is 5.63. The molecule has 1 rings (SSSR count). The predicted octanol–water partition coefficient (Wildman–Crippen LogP) is 2.35. The Balaban J connectivity index is 2.96. The summed E-state index contributed by atoms with van der Waals surface area (Å²) in [4.78, 5) is 23.1. The summed E-state index contributed by atoms with van der Waals surface area (Å²) < 4.78 is 0. The maximum Gasteiger partial charge on any atom is 0.269 e. The van der Waals surface area contributed by atoms with Crippen molar-refractivity contribution in [3.05, 3.63) is 39.9 Å². The molecule has 1 aromatic carbocycles. The molecule has 17 heavy (non-hydrogen) atoms. The maximum atomic E-state index is 11.4. The molecule has 0 aliphatic rings. The Kier molecular flexibility index (Phi) is 4.45. The van der Waals surface area contributed by atoms with Crippen LogP contribution < -0.4 is 0 Å². The van der Waals surface area contributed by atoms with Crippen molar-refractivity contribution in [2.45, 2.75) is 13.0 Å². The van der Waals surface area contributed by atoms with Crippen molar-refractivity contribution in [3.8, 4) is 0 Å². The lowest BCUT2D eigenvalue weighted by Gasteiger charge is -2.24. The van der Waals surface area contributed by atoms with Gasteiger partial charge in [0.1, 0.15) is 5.88 Å². The zero-order chi connectivity index (χ0) is 13.0. The second-order valence-electron chi connectivity index (χ2n) is 3.67. The van der Waals surface area contributed by atoms with Crippen LogP contribution in [0.4, 0.5) is 5.69 Å². The first-order valence-corrected chi connectivity index (χ1v) is 5.56. The lowest BCUT2D eigenvalue weighted by atomic mass is 10.1. The normalized spacial score (nSPS) is 11.9. The minimum Gasteiger partial charge on any atom is -0.338 e. The molecule has 0 bridgehead atoms. The number of carbonyl (C=O) groups is 1. The molecule has 1 aromatic rings. The third-order valence-corrected chi connectivity index (χ3v) is 2.88. The molecule has 1 amide bonds. The average Bonchev–Trinajstić information content (AvgIpc) is 2.36. The van der Waals surface area contributed by atoms with Gasteiger partial charge in [-0.25, -0.2) is 0 Å². The molecule has 92 valence electrons. The van der Waals surface area contributed by atoms with Crippen molar-refractivity contribution in [1.29, 1.82) is 0 Å². The molecule has 0 aliphatic carbocycles. The summed E-state index contributed by atoms with van der Waals surface area (Å²) in [5.41, 5.74) is 0.723. The van der Waals surface area contributed by atoms with Crippen LogP contribution in [-0.2, 0) is 4.79 Å². The Hall–Kier alpha value is -1.62. The Bertz CT molecular complexity index is 436. The summed E-state index contributed by atoms with van der Waals surface area (Å²) in [6.45, 7) is 1.80. The van der Waals surface area contributed by atoms with Crippen LogP contribution in [0.25, 0.3) is 0 Å². The van der Waals surface area contributed by atoms with Gasteiger partial charge in [0.2, 0.25) is 5.91 Å². The molecule has 6 heteroatoms. The van der Waals surface area contributed by atoms with E-state index in [4.69, 9.17) is 11.6 Å². The van der Waals surface area contributed by atoms with Gasteiger partial charge in [-0.3, -0.25) is 14.9 Å². The molecule has 0 aliphatic heterocycles. The van der Waals surface area contributed by atoms with E-state index in [0.29, 0.717) is 5.56 Å². The molecule has 5 nitrogen and oxygen atoms in total. The Morgan fingerprint density at radius 2 is 2.24 bits per heavy atom. The third-order valence-electron chi connectivity index (χ3n) is 2.65. The molecule has 0 aromatic heterocycles. The van der Waals surface area contributed by atoms with Crippen molar-refractivity contribution in [2.24, 2.45) is 0 Å². The van der Waals surface area contributed by atoms with E-state index < -0.39 is 4.92 Å². The Labute approximate surface area is 104 Å². The van der Waals surface area contributed by atoms with Crippen molar-refractivity contribution in [1.82, 2.24) is 4.90 Å². The van der Waals surface area contributed by atoms with E-state index in [1.165, 1.54) is 17.0 Å². The van der Waals surface area contributed by atoms with Gasteiger partial charge in [-0.2, -0.15) is 0 Å². The van der Waals surface area contributed by atoms with E-state index in [2.05, 4.69) is 0 Å². The summed E-state index contributed by atoms with van der Waals surface area (Å²) in [6, 6.07) is 5.97. The molecule has 0 heterocycles. The van der Waals surface area contributed by atoms with Crippen LogP contribution >= 0.6 is 11.6 Å². The lowest BCUT2D eigenvalue weighted by molar-refractivity contribution is -0.384. The fourth-order valence-corrected chi connectivity index (χ4v) is 1.62. The third kappa shape index (κ3) is 3.17. The predicted molar refractivity (Wildman–Crippen MR) is 65.0 cm³/mol. The number of non-ortho nitro benzene ring substituents is 1. The number of alkyl halides is 1. The van der Waals surface area contributed by atoms with E-state index in [-0.39, 0.29) is 23.5 Å². The first-order valence-electron chi connectivity index (χ1n) is 5.03. The van der Waals surface area contributed by atoms with Gasteiger partial charge in [-0.1, -0.05) is 12.1 Å². The van der Waals surface area contributed by atoms with Crippen molar-refractivity contribution >= 4 is 23.2 Å². The molecule has 0 saturated carbocycles. The summed E-state index contributed by atoms with van der Waals surface area (Å²) >= 11 is 5.46. The number of nitrogens with zero attached hydrogens (tertiary/aromatic N) is 2. The quantitative estimate of drug-likeness (QED) is 0.472. The van der Waals surface area contributed by atoms with Gasteiger partial charge in [0, 0.05) is 19.2 Å². The SMILES string of the molecule is C[C@@H](c1cccc([N+](=O)[O-])c1)N(C)C(=O)CCl. The van der Waals surface area contributed by atoms with E-state index >= 15 is 0 Å². The molecule has 0 spiro atoms. The minimum absolute atomic E-state index is 0.0149. The van der Waals surface area contributed by atoms with Gasteiger partial charge in [0.15, 0.2) is 0 Å². The summed E-state index contributed by atoms with van der Waals surface area (Å²) in [6.07, 6.45) is 0. The lowest BCUT2D eigenvalue weighted by Crippen LogP contribution is -2.30. The highest BCUT2D eigenvalue weighted by atomic mass is 35.5. The minimum atomic E-state index is -0.459. The van der Waals surface area contributed by atoms with Gasteiger partial charge in [0.05, 0.1) is 11.0 Å². The number of carbonyl (C=O) groups excluding carboxylic acids is 1. The monoisotopic (exact) mass is 256 g/mol. The maximum absolute atomic E-state index is 11.4. The highest BCUT2D eigenvalue weighted by Gasteiger charge is 2.18. The number of nitro benzene ring substituents is 1. The van der Waals surface area contributed by atoms with Crippen molar-refractivity contribution in [2.75, 3.05) is 12.9 Å². The number of amides is 1. The van der Waals surface area contributed by atoms with Gasteiger partial charge < -0.3 is 4.90 Å². The first kappa shape index (κ1) is 13.4. The molecular formula is C11H13ClN2O3. The number of hydrogen-bond donors (Lipinski definition) is 0. The van der Waals surface area contributed by atoms with Crippen LogP contribution in [-0.4, -0.2) is 28.7 Å². The molecular weight excluding hydrogens is 244 g/mol. The molecule has 0 fully saturated rings. The number of benzene rings is 1. The van der Waals surface area contributed by atoms with Crippen LogP contribution in [0.1, 0.15) is 18.5 Å². The van der Waals surface area contributed by atoms with Gasteiger partial charge in [0.25, 0.3) is 5.69 Å². The second-order valence-corrected chi connectivity index (χ2v) is 3.93. The van der Waals surface area contributed by atoms with E-state index in [1.807, 2.05) is 0 Å². The highest BCUT2D eigenvalue weighted by molar-refractivity contribution is 6.27. The van der Waals surface area contributed by atoms with E-state index in [0.717, 1.165) is 0 Å². The van der Waals surface area contributed by atoms with Crippen LogP contribution in [0.3, 0.4) is 0 Å². The van der Waals surface area contributed by atoms with Crippen LogP contribution in [0.5, 0.6) is 0 Å². The smallest absolute Gasteiger partial charge is 0.269 e. The first-order chi connectivity index (χ1) is 7.97. The van der Waals surface area contributed by atoms with Crippen LogP contribution in [0.2, 0.25) is 0 Å². The Morgan fingerprint density at radius 1 is 1.59 bits per heavy atom. The highest BCUT2D eigenvalue weighted by Crippen LogP contribution is 2.23. The summed E-state index contributed by atoms with van der Waals surface area (Å²) in [5.74, 6) is -0.318. The number of halogens is 1. The van der Waals surface area contributed by atoms with Gasteiger partial charge >= 0.3 is 0 Å². The van der Waals surface area contributed by atoms with Gasteiger partial charge in [-0.15, -0.1) is 11.6 Å². The number of nitro groups is 1. The van der Waals surface area contributed by atoms with Crippen LogP contribution in [0.15, 0.2) is 24.3 Å². The molecule has 0 unspecified atom stereocenters. The van der Waals surface area contributed by atoms with E-state index in [1.54, 1.807) is 26.1 Å². The molecule has 1 atom stereocenters.